The SMILES string of the molecule is CC(C)C1C(F)(F)C12CCCNC2. The minimum atomic E-state index is -2.41. The Bertz CT molecular complexity index is 207. The van der Waals surface area contributed by atoms with Gasteiger partial charge in [-0.3, -0.25) is 0 Å². The van der Waals surface area contributed by atoms with Crippen LogP contribution in [-0.4, -0.2) is 19.0 Å². The van der Waals surface area contributed by atoms with Crippen molar-refractivity contribution >= 4 is 0 Å². The van der Waals surface area contributed by atoms with Crippen LogP contribution in [0.2, 0.25) is 0 Å². The van der Waals surface area contributed by atoms with Gasteiger partial charge in [-0.05, 0) is 25.3 Å². The quantitative estimate of drug-likeness (QED) is 0.667. The van der Waals surface area contributed by atoms with Crippen molar-refractivity contribution in [2.75, 3.05) is 13.1 Å². The Hall–Kier alpha value is -0.180. The number of hydrogen-bond donors (Lipinski definition) is 1. The normalized spacial score (nSPS) is 42.7. The highest BCUT2D eigenvalue weighted by Crippen LogP contribution is 2.71. The summed E-state index contributed by atoms with van der Waals surface area (Å²) in [5, 5.41) is 3.10. The zero-order chi connectivity index (χ0) is 9.69. The van der Waals surface area contributed by atoms with E-state index in [2.05, 4.69) is 5.32 Å². The lowest BCUT2D eigenvalue weighted by Gasteiger charge is -2.23. The smallest absolute Gasteiger partial charge is 0.259 e. The summed E-state index contributed by atoms with van der Waals surface area (Å²) in [6.45, 7) is 5.23. The molecule has 0 aromatic rings. The molecule has 1 spiro atoms. The van der Waals surface area contributed by atoms with Crippen molar-refractivity contribution in [3.8, 4) is 0 Å². The highest BCUT2D eigenvalue weighted by molar-refractivity contribution is 5.20. The molecule has 1 saturated heterocycles. The molecule has 2 rings (SSSR count). The molecule has 76 valence electrons. The third-order valence-electron chi connectivity index (χ3n) is 3.65. The summed E-state index contributed by atoms with van der Waals surface area (Å²) < 4.78 is 27.1. The van der Waals surface area contributed by atoms with E-state index in [0.717, 1.165) is 13.0 Å². The molecule has 0 aromatic carbocycles. The van der Waals surface area contributed by atoms with E-state index in [1.54, 1.807) is 0 Å². The molecule has 1 nitrogen and oxygen atoms in total. The van der Waals surface area contributed by atoms with Crippen LogP contribution in [0.5, 0.6) is 0 Å². The van der Waals surface area contributed by atoms with Gasteiger partial charge in [0.05, 0.1) is 5.41 Å². The van der Waals surface area contributed by atoms with Crippen molar-refractivity contribution in [1.29, 1.82) is 0 Å². The van der Waals surface area contributed by atoms with Crippen molar-refractivity contribution in [3.63, 3.8) is 0 Å². The summed E-state index contributed by atoms with van der Waals surface area (Å²) in [5.74, 6) is -2.68. The van der Waals surface area contributed by atoms with Gasteiger partial charge in [0.1, 0.15) is 0 Å². The lowest BCUT2D eigenvalue weighted by Crippen LogP contribution is -2.35. The van der Waals surface area contributed by atoms with E-state index in [-0.39, 0.29) is 11.8 Å². The zero-order valence-corrected chi connectivity index (χ0v) is 8.24. The van der Waals surface area contributed by atoms with Crippen molar-refractivity contribution in [1.82, 2.24) is 5.32 Å². The number of rotatable bonds is 1. The minimum absolute atomic E-state index is 0.106. The van der Waals surface area contributed by atoms with E-state index in [9.17, 15) is 8.78 Å². The molecule has 2 atom stereocenters. The fourth-order valence-electron chi connectivity index (χ4n) is 3.08. The second-order valence-electron chi connectivity index (χ2n) is 4.78. The predicted octanol–water partition coefficient (Wildman–Crippen LogP) is 2.28. The molecule has 2 aliphatic rings. The molecule has 1 heterocycles. The summed E-state index contributed by atoms with van der Waals surface area (Å²) in [6.07, 6.45) is 1.61. The number of halogens is 2. The maximum absolute atomic E-state index is 13.5. The van der Waals surface area contributed by atoms with E-state index in [1.807, 2.05) is 13.8 Å². The number of alkyl halides is 2. The largest absolute Gasteiger partial charge is 0.316 e. The topological polar surface area (TPSA) is 12.0 Å². The minimum Gasteiger partial charge on any atom is -0.316 e. The van der Waals surface area contributed by atoms with E-state index in [4.69, 9.17) is 0 Å². The average Bonchev–Trinajstić information content (AvgIpc) is 2.48. The van der Waals surface area contributed by atoms with Crippen LogP contribution in [0, 0.1) is 17.3 Å². The van der Waals surface area contributed by atoms with Gasteiger partial charge < -0.3 is 5.32 Å². The fourth-order valence-corrected chi connectivity index (χ4v) is 3.08. The lowest BCUT2D eigenvalue weighted by molar-refractivity contribution is 0.0458. The van der Waals surface area contributed by atoms with Gasteiger partial charge in [0.15, 0.2) is 0 Å². The Labute approximate surface area is 77.9 Å². The maximum atomic E-state index is 13.5. The molecule has 1 N–H and O–H groups in total. The first-order valence-corrected chi connectivity index (χ1v) is 5.11. The molecule has 1 saturated carbocycles. The second-order valence-corrected chi connectivity index (χ2v) is 4.78. The van der Waals surface area contributed by atoms with Gasteiger partial charge in [-0.2, -0.15) is 0 Å². The Morgan fingerprint density at radius 1 is 1.38 bits per heavy atom. The molecular weight excluding hydrogens is 172 g/mol. The summed E-state index contributed by atoms with van der Waals surface area (Å²) >= 11 is 0. The van der Waals surface area contributed by atoms with Crippen LogP contribution in [0.4, 0.5) is 8.78 Å². The molecule has 0 aromatic heterocycles. The van der Waals surface area contributed by atoms with E-state index >= 15 is 0 Å². The molecule has 0 bridgehead atoms. The van der Waals surface area contributed by atoms with Crippen LogP contribution in [0.1, 0.15) is 26.7 Å². The maximum Gasteiger partial charge on any atom is 0.259 e. The first-order chi connectivity index (χ1) is 6.02. The second kappa shape index (κ2) is 2.66. The first-order valence-electron chi connectivity index (χ1n) is 5.11. The molecular formula is C10H17F2N. The summed E-state index contributed by atoms with van der Waals surface area (Å²) in [6, 6.07) is 0. The van der Waals surface area contributed by atoms with Crippen LogP contribution < -0.4 is 5.32 Å². The lowest BCUT2D eigenvalue weighted by atomic mass is 9.90. The van der Waals surface area contributed by atoms with E-state index < -0.39 is 11.3 Å². The van der Waals surface area contributed by atoms with Gasteiger partial charge >= 0.3 is 0 Å². The van der Waals surface area contributed by atoms with E-state index in [1.165, 1.54) is 0 Å². The van der Waals surface area contributed by atoms with Crippen molar-refractivity contribution in [2.24, 2.45) is 17.3 Å². The van der Waals surface area contributed by atoms with Gasteiger partial charge in [-0.1, -0.05) is 13.8 Å². The standard InChI is InChI=1S/C10H17F2N/c1-7(2)8-9(10(8,11)12)4-3-5-13-6-9/h7-8,13H,3-6H2,1-2H3. The highest BCUT2D eigenvalue weighted by Gasteiger charge is 2.80. The monoisotopic (exact) mass is 189 g/mol. The molecule has 0 amide bonds. The Morgan fingerprint density at radius 2 is 2.08 bits per heavy atom. The van der Waals surface area contributed by atoms with Crippen LogP contribution >= 0.6 is 0 Å². The zero-order valence-electron chi connectivity index (χ0n) is 8.24. The third-order valence-corrected chi connectivity index (χ3v) is 3.65. The summed E-state index contributed by atoms with van der Waals surface area (Å²) in [4.78, 5) is 0. The summed E-state index contributed by atoms with van der Waals surface area (Å²) in [5.41, 5.74) is -0.681. The van der Waals surface area contributed by atoms with Gasteiger partial charge in [-0.15, -0.1) is 0 Å². The van der Waals surface area contributed by atoms with Gasteiger partial charge in [0, 0.05) is 12.5 Å². The summed E-state index contributed by atoms with van der Waals surface area (Å²) in [7, 11) is 0. The Morgan fingerprint density at radius 3 is 2.46 bits per heavy atom. The van der Waals surface area contributed by atoms with Crippen LogP contribution in [0.25, 0.3) is 0 Å². The number of nitrogens with one attached hydrogen (secondary N) is 1. The van der Waals surface area contributed by atoms with Crippen molar-refractivity contribution in [3.05, 3.63) is 0 Å². The Kier molecular flexibility index (Phi) is 1.92. The van der Waals surface area contributed by atoms with Crippen molar-refractivity contribution in [2.45, 2.75) is 32.6 Å². The molecule has 2 unspecified atom stereocenters. The fraction of sp³-hybridized carbons (Fsp3) is 1.00. The Balaban J connectivity index is 2.15. The molecule has 2 fully saturated rings. The molecule has 3 heteroatoms. The van der Waals surface area contributed by atoms with Gasteiger partial charge in [0.25, 0.3) is 5.92 Å². The van der Waals surface area contributed by atoms with Crippen LogP contribution in [-0.2, 0) is 0 Å². The van der Waals surface area contributed by atoms with Crippen molar-refractivity contribution < 1.29 is 8.78 Å². The van der Waals surface area contributed by atoms with E-state index in [0.29, 0.717) is 13.0 Å². The molecule has 1 aliphatic heterocycles. The van der Waals surface area contributed by atoms with Crippen LogP contribution in [0.15, 0.2) is 0 Å². The third kappa shape index (κ3) is 1.06. The van der Waals surface area contributed by atoms with Gasteiger partial charge in [0.2, 0.25) is 0 Å². The highest BCUT2D eigenvalue weighted by atomic mass is 19.3. The molecule has 13 heavy (non-hydrogen) atoms. The van der Waals surface area contributed by atoms with Crippen LogP contribution in [0.3, 0.4) is 0 Å². The average molecular weight is 189 g/mol. The number of hydrogen-bond acceptors (Lipinski definition) is 1. The van der Waals surface area contributed by atoms with Gasteiger partial charge in [-0.25, -0.2) is 8.78 Å². The number of piperidine rings is 1. The molecule has 1 aliphatic carbocycles. The molecule has 0 radical (unpaired) electrons. The first kappa shape index (κ1) is 9.38. The predicted molar refractivity (Wildman–Crippen MR) is 47.8 cm³/mol.